The van der Waals surface area contributed by atoms with E-state index in [4.69, 9.17) is 28.3 Å². The quantitative estimate of drug-likeness (QED) is 0.869. The lowest BCUT2D eigenvalue weighted by molar-refractivity contribution is 0.302. The average molecular weight is 235 g/mol. The Labute approximate surface area is 93.3 Å². The first-order valence-corrected chi connectivity index (χ1v) is 5.11. The number of hydrogen-bond acceptors (Lipinski definition) is 3. The van der Waals surface area contributed by atoms with Crippen LogP contribution in [0.3, 0.4) is 0 Å². The molecule has 1 heterocycles. The first-order chi connectivity index (χ1) is 6.69. The molecule has 0 aliphatic rings. The Bertz CT molecular complexity index is 307. The standard InChI is InChI=1S/C9H12Cl2N2O/c1-2-13(3-4-14)9-8(11)5-7(10)6-12-9/h5-6,14H,2-4H2,1H3. The Balaban J connectivity index is 2.92. The Kier molecular flexibility index (Phi) is 4.45. The third-order valence-electron chi connectivity index (χ3n) is 1.84. The third kappa shape index (κ3) is 2.74. The van der Waals surface area contributed by atoms with E-state index in [-0.39, 0.29) is 6.61 Å². The van der Waals surface area contributed by atoms with E-state index < -0.39 is 0 Å². The minimum atomic E-state index is 0.0779. The maximum atomic E-state index is 8.84. The number of pyridine rings is 1. The molecule has 0 unspecified atom stereocenters. The highest BCUT2D eigenvalue weighted by molar-refractivity contribution is 6.35. The van der Waals surface area contributed by atoms with Crippen molar-refractivity contribution in [1.82, 2.24) is 4.98 Å². The molecular weight excluding hydrogens is 223 g/mol. The van der Waals surface area contributed by atoms with Gasteiger partial charge in [-0.25, -0.2) is 4.98 Å². The van der Waals surface area contributed by atoms with E-state index in [2.05, 4.69) is 4.98 Å². The highest BCUT2D eigenvalue weighted by Gasteiger charge is 2.09. The van der Waals surface area contributed by atoms with E-state index in [0.29, 0.717) is 22.4 Å². The van der Waals surface area contributed by atoms with Crippen LogP contribution in [-0.2, 0) is 0 Å². The van der Waals surface area contributed by atoms with E-state index in [1.165, 1.54) is 0 Å². The summed E-state index contributed by atoms with van der Waals surface area (Å²) in [6.07, 6.45) is 1.54. The van der Waals surface area contributed by atoms with Gasteiger partial charge in [0, 0.05) is 19.3 Å². The van der Waals surface area contributed by atoms with Crippen molar-refractivity contribution in [1.29, 1.82) is 0 Å². The first kappa shape index (κ1) is 11.6. The van der Waals surface area contributed by atoms with Crippen LogP contribution in [0, 0.1) is 0 Å². The van der Waals surface area contributed by atoms with Crippen molar-refractivity contribution in [3.05, 3.63) is 22.3 Å². The van der Waals surface area contributed by atoms with Crippen LogP contribution in [-0.4, -0.2) is 29.8 Å². The molecule has 0 saturated heterocycles. The van der Waals surface area contributed by atoms with Crippen molar-refractivity contribution in [3.8, 4) is 0 Å². The maximum absolute atomic E-state index is 8.84. The van der Waals surface area contributed by atoms with E-state index in [0.717, 1.165) is 6.54 Å². The van der Waals surface area contributed by atoms with Crippen LogP contribution in [0.5, 0.6) is 0 Å². The van der Waals surface area contributed by atoms with E-state index >= 15 is 0 Å². The summed E-state index contributed by atoms with van der Waals surface area (Å²) >= 11 is 11.7. The molecule has 0 aliphatic heterocycles. The summed E-state index contributed by atoms with van der Waals surface area (Å²) in [4.78, 5) is 6.01. The summed E-state index contributed by atoms with van der Waals surface area (Å²) in [5.74, 6) is 0.660. The van der Waals surface area contributed by atoms with Crippen molar-refractivity contribution in [2.75, 3.05) is 24.6 Å². The normalized spacial score (nSPS) is 10.3. The van der Waals surface area contributed by atoms with Gasteiger partial charge < -0.3 is 10.0 Å². The third-order valence-corrected chi connectivity index (χ3v) is 2.32. The monoisotopic (exact) mass is 234 g/mol. The molecule has 1 N–H and O–H groups in total. The fraction of sp³-hybridized carbons (Fsp3) is 0.444. The van der Waals surface area contributed by atoms with Gasteiger partial charge in [-0.3, -0.25) is 0 Å². The Morgan fingerprint density at radius 2 is 2.21 bits per heavy atom. The van der Waals surface area contributed by atoms with Gasteiger partial charge in [-0.05, 0) is 13.0 Å². The molecule has 0 aliphatic carbocycles. The second kappa shape index (κ2) is 5.39. The van der Waals surface area contributed by atoms with Gasteiger partial charge in [-0.1, -0.05) is 23.2 Å². The second-order valence-corrected chi connectivity index (χ2v) is 3.61. The molecule has 0 spiro atoms. The summed E-state index contributed by atoms with van der Waals surface area (Å²) in [5, 5.41) is 9.86. The van der Waals surface area contributed by atoms with Crippen molar-refractivity contribution in [2.24, 2.45) is 0 Å². The van der Waals surface area contributed by atoms with Gasteiger partial charge in [-0.15, -0.1) is 0 Å². The molecule has 1 aromatic rings. The Hall–Kier alpha value is -0.510. The molecule has 14 heavy (non-hydrogen) atoms. The number of nitrogens with zero attached hydrogens (tertiary/aromatic N) is 2. The second-order valence-electron chi connectivity index (χ2n) is 2.76. The summed E-state index contributed by atoms with van der Waals surface area (Å²) in [7, 11) is 0. The molecule has 3 nitrogen and oxygen atoms in total. The van der Waals surface area contributed by atoms with Crippen molar-refractivity contribution >= 4 is 29.0 Å². The number of halogens is 2. The zero-order valence-corrected chi connectivity index (χ0v) is 9.39. The highest BCUT2D eigenvalue weighted by atomic mass is 35.5. The van der Waals surface area contributed by atoms with Crippen LogP contribution in [0.2, 0.25) is 10.0 Å². The van der Waals surface area contributed by atoms with E-state index in [1.807, 2.05) is 11.8 Å². The zero-order chi connectivity index (χ0) is 10.6. The number of aliphatic hydroxyl groups excluding tert-OH is 1. The lowest BCUT2D eigenvalue weighted by Gasteiger charge is -2.21. The number of likely N-dealkylation sites (N-methyl/N-ethyl adjacent to an activating group) is 1. The summed E-state index contributed by atoms with van der Waals surface area (Å²) in [6, 6.07) is 1.64. The molecule has 0 aromatic carbocycles. The van der Waals surface area contributed by atoms with Crippen LogP contribution in [0.4, 0.5) is 5.82 Å². The van der Waals surface area contributed by atoms with Gasteiger partial charge in [0.05, 0.1) is 16.7 Å². The molecular formula is C9H12Cl2N2O. The van der Waals surface area contributed by atoms with Crippen molar-refractivity contribution in [2.45, 2.75) is 6.92 Å². The van der Waals surface area contributed by atoms with Gasteiger partial charge in [0.2, 0.25) is 0 Å². The van der Waals surface area contributed by atoms with Crippen LogP contribution >= 0.6 is 23.2 Å². The van der Waals surface area contributed by atoms with Crippen LogP contribution < -0.4 is 4.90 Å². The van der Waals surface area contributed by atoms with Crippen LogP contribution in [0.25, 0.3) is 0 Å². The SMILES string of the molecule is CCN(CCO)c1ncc(Cl)cc1Cl. The van der Waals surface area contributed by atoms with E-state index in [9.17, 15) is 0 Å². The van der Waals surface area contributed by atoms with Crippen LogP contribution in [0.15, 0.2) is 12.3 Å². The fourth-order valence-corrected chi connectivity index (χ4v) is 1.67. The van der Waals surface area contributed by atoms with Gasteiger partial charge in [0.15, 0.2) is 0 Å². The number of hydrogen-bond donors (Lipinski definition) is 1. The summed E-state index contributed by atoms with van der Waals surface area (Å²) in [6.45, 7) is 3.32. The molecule has 0 bridgehead atoms. The lowest BCUT2D eigenvalue weighted by Crippen LogP contribution is -2.27. The molecule has 1 rings (SSSR count). The largest absolute Gasteiger partial charge is 0.395 e. The summed E-state index contributed by atoms with van der Waals surface area (Å²) in [5.41, 5.74) is 0. The predicted octanol–water partition coefficient (Wildman–Crippen LogP) is 2.21. The molecule has 0 fully saturated rings. The number of aliphatic hydroxyl groups is 1. The Morgan fingerprint density at radius 3 is 2.71 bits per heavy atom. The van der Waals surface area contributed by atoms with Crippen molar-refractivity contribution < 1.29 is 5.11 Å². The van der Waals surface area contributed by atoms with Crippen molar-refractivity contribution in [3.63, 3.8) is 0 Å². The molecule has 1 aromatic heterocycles. The maximum Gasteiger partial charge on any atom is 0.147 e. The first-order valence-electron chi connectivity index (χ1n) is 4.36. The zero-order valence-electron chi connectivity index (χ0n) is 7.87. The Morgan fingerprint density at radius 1 is 1.50 bits per heavy atom. The van der Waals surface area contributed by atoms with Gasteiger partial charge in [0.1, 0.15) is 5.82 Å². The molecule has 0 radical (unpaired) electrons. The number of anilines is 1. The topological polar surface area (TPSA) is 36.4 Å². The lowest BCUT2D eigenvalue weighted by atomic mass is 10.4. The van der Waals surface area contributed by atoms with Crippen LogP contribution in [0.1, 0.15) is 6.92 Å². The van der Waals surface area contributed by atoms with Gasteiger partial charge in [-0.2, -0.15) is 0 Å². The fourth-order valence-electron chi connectivity index (χ4n) is 1.17. The molecule has 0 amide bonds. The predicted molar refractivity (Wildman–Crippen MR) is 59.2 cm³/mol. The highest BCUT2D eigenvalue weighted by Crippen LogP contribution is 2.25. The van der Waals surface area contributed by atoms with Gasteiger partial charge >= 0.3 is 0 Å². The molecule has 0 atom stereocenters. The number of rotatable bonds is 4. The smallest absolute Gasteiger partial charge is 0.147 e. The average Bonchev–Trinajstić information content (AvgIpc) is 2.15. The molecule has 0 saturated carbocycles. The number of aromatic nitrogens is 1. The molecule has 78 valence electrons. The van der Waals surface area contributed by atoms with Gasteiger partial charge in [0.25, 0.3) is 0 Å². The van der Waals surface area contributed by atoms with E-state index in [1.54, 1.807) is 12.3 Å². The summed E-state index contributed by atoms with van der Waals surface area (Å²) < 4.78 is 0. The minimum Gasteiger partial charge on any atom is -0.395 e. The molecule has 5 heteroatoms. The minimum absolute atomic E-state index is 0.0779.